The number of nitrogens with zero attached hydrogens (tertiary/aromatic N) is 5. The summed E-state index contributed by atoms with van der Waals surface area (Å²) in [6.45, 7) is 10.8. The molecule has 0 saturated heterocycles. The fourth-order valence-corrected chi connectivity index (χ4v) is 9.38. The number of fused-ring (bicyclic) bond motifs is 4. The lowest BCUT2D eigenvalue weighted by Gasteiger charge is -2.21. The number of aryl methyl sites for hydroxylation is 7. The first-order chi connectivity index (χ1) is 26.8. The molecule has 12 heteroatoms. The molecular weight excluding hydrogens is 747 g/mol. The van der Waals surface area contributed by atoms with Crippen LogP contribution in [0.1, 0.15) is 82.8 Å². The first kappa shape index (κ1) is 37.8. The van der Waals surface area contributed by atoms with Crippen molar-refractivity contribution in [1.29, 1.82) is 0 Å². The third-order valence-electron chi connectivity index (χ3n) is 11.7. The largest absolute Gasteiger partial charge is 0.494 e. The number of ether oxygens (including phenoxy) is 1. The highest BCUT2D eigenvalue weighted by Crippen LogP contribution is 2.46. The van der Waals surface area contributed by atoms with Gasteiger partial charge in [0.15, 0.2) is 11.6 Å². The fraction of sp³-hybridized carbons (Fsp3) is 0.364. The molecular formula is C44H46Cl2N6O4. The van der Waals surface area contributed by atoms with Gasteiger partial charge in [-0.05, 0) is 131 Å². The molecule has 1 N–H and O–H groups in total. The third-order valence-corrected chi connectivity index (χ3v) is 12.6. The van der Waals surface area contributed by atoms with Crippen LogP contribution in [0.15, 0.2) is 58.0 Å². The molecule has 2 atom stereocenters. The van der Waals surface area contributed by atoms with Crippen molar-refractivity contribution in [1.82, 2.24) is 29.1 Å². The number of H-pyrrole nitrogens is 1. The van der Waals surface area contributed by atoms with Crippen molar-refractivity contribution < 1.29 is 14.1 Å². The number of hydrogen-bond acceptors (Lipinski definition) is 6. The van der Waals surface area contributed by atoms with Gasteiger partial charge in [0.2, 0.25) is 0 Å². The number of nitrogens with one attached hydrogen (secondary N) is 1. The Morgan fingerprint density at radius 1 is 0.964 bits per heavy atom. The summed E-state index contributed by atoms with van der Waals surface area (Å²) in [6, 6.07) is 14.1. The molecule has 8 rings (SSSR count). The average Bonchev–Trinajstić information content (AvgIpc) is 3.88. The van der Waals surface area contributed by atoms with E-state index in [4.69, 9.17) is 37.6 Å². The normalized spacial score (nSPS) is 15.9. The molecule has 0 saturated carbocycles. The maximum absolute atomic E-state index is 14.8. The Morgan fingerprint density at radius 3 is 2.43 bits per heavy atom. The molecule has 10 nitrogen and oxygen atoms in total. The molecule has 290 valence electrons. The van der Waals surface area contributed by atoms with Gasteiger partial charge in [-0.15, -0.1) is 0 Å². The number of carbonyl (C=O) groups is 1. The van der Waals surface area contributed by atoms with Gasteiger partial charge in [-0.1, -0.05) is 34.4 Å². The predicted octanol–water partition coefficient (Wildman–Crippen LogP) is 10.2. The van der Waals surface area contributed by atoms with Crippen molar-refractivity contribution in [3.63, 3.8) is 0 Å². The summed E-state index contributed by atoms with van der Waals surface area (Å²) in [5.74, 6) is 0.933. The summed E-state index contributed by atoms with van der Waals surface area (Å²) in [4.78, 5) is 29.1. The van der Waals surface area contributed by atoms with E-state index in [0.29, 0.717) is 30.3 Å². The fourth-order valence-electron chi connectivity index (χ4n) is 9.03. The topological polar surface area (TPSA) is 113 Å². The molecule has 4 aromatic heterocycles. The van der Waals surface area contributed by atoms with Crippen LogP contribution in [0, 0.1) is 33.6 Å². The van der Waals surface area contributed by atoms with E-state index < -0.39 is 5.76 Å². The lowest BCUT2D eigenvalue weighted by Crippen LogP contribution is -2.12. The van der Waals surface area contributed by atoms with Crippen molar-refractivity contribution in [2.24, 2.45) is 20.0 Å². The maximum atomic E-state index is 14.8. The van der Waals surface area contributed by atoms with Crippen LogP contribution in [-0.4, -0.2) is 41.4 Å². The zero-order valence-corrected chi connectivity index (χ0v) is 34.4. The second-order valence-corrected chi connectivity index (χ2v) is 16.4. The number of carbonyl (C=O) groups excluding carboxylic acids is 1. The van der Waals surface area contributed by atoms with E-state index in [0.717, 1.165) is 109 Å². The van der Waals surface area contributed by atoms with E-state index in [2.05, 4.69) is 51.5 Å². The van der Waals surface area contributed by atoms with Crippen LogP contribution in [0.3, 0.4) is 0 Å². The zero-order chi connectivity index (χ0) is 39.6. The SMILES string of the molecule is Cc1cc(OCCCc2c3n(c4c(-c5c(C)nn(C)c5C)c(Cl)ccc24)[C@H](C)CC(CCc2cn(C)c4ccc(-c5noc(=O)[nH]5)cc24)CC3=O)cc(C)c1Cl. The number of aromatic amines is 1. The minimum Gasteiger partial charge on any atom is -0.494 e. The van der Waals surface area contributed by atoms with Gasteiger partial charge in [-0.2, -0.15) is 5.10 Å². The Hall–Kier alpha value is -5.06. The number of hydrogen-bond donors (Lipinski definition) is 1. The van der Waals surface area contributed by atoms with Gasteiger partial charge in [-0.3, -0.25) is 19.0 Å². The van der Waals surface area contributed by atoms with E-state index in [-0.39, 0.29) is 17.7 Å². The van der Waals surface area contributed by atoms with Gasteiger partial charge in [0.05, 0.1) is 28.5 Å². The number of Topliss-reactive ketones (excluding diaryl/α,β-unsaturated/α-hetero) is 1. The first-order valence-corrected chi connectivity index (χ1v) is 20.0. The van der Waals surface area contributed by atoms with Gasteiger partial charge < -0.3 is 13.9 Å². The Balaban J connectivity index is 1.14. The Labute approximate surface area is 335 Å². The Bertz CT molecular complexity index is 2710. The predicted molar refractivity (Wildman–Crippen MR) is 222 cm³/mol. The molecule has 0 bridgehead atoms. The monoisotopic (exact) mass is 792 g/mol. The molecule has 1 unspecified atom stereocenters. The Morgan fingerprint density at radius 2 is 1.73 bits per heavy atom. The second kappa shape index (κ2) is 14.8. The Kier molecular flexibility index (Phi) is 9.99. The molecule has 1 aliphatic rings. The van der Waals surface area contributed by atoms with Gasteiger partial charge in [0.25, 0.3) is 0 Å². The highest BCUT2D eigenvalue weighted by molar-refractivity contribution is 6.35. The van der Waals surface area contributed by atoms with Crippen LogP contribution in [0.4, 0.5) is 0 Å². The molecule has 0 radical (unpaired) electrons. The number of ketones is 1. The number of rotatable bonds is 10. The average molecular weight is 794 g/mol. The lowest BCUT2D eigenvalue weighted by molar-refractivity contribution is 0.0957. The molecule has 7 aromatic rings. The smallest absolute Gasteiger partial charge is 0.439 e. The minimum absolute atomic E-state index is 0.0339. The van der Waals surface area contributed by atoms with Crippen LogP contribution in [0.5, 0.6) is 5.75 Å². The van der Waals surface area contributed by atoms with Crippen LogP contribution in [-0.2, 0) is 26.9 Å². The van der Waals surface area contributed by atoms with Crippen molar-refractivity contribution in [2.45, 2.75) is 79.2 Å². The first-order valence-electron chi connectivity index (χ1n) is 19.2. The highest BCUT2D eigenvalue weighted by Gasteiger charge is 2.34. The molecule has 56 heavy (non-hydrogen) atoms. The van der Waals surface area contributed by atoms with Crippen LogP contribution < -0.4 is 10.5 Å². The number of benzene rings is 3. The molecule has 0 amide bonds. The maximum Gasteiger partial charge on any atom is 0.439 e. The van der Waals surface area contributed by atoms with Crippen molar-refractivity contribution in [3.8, 4) is 28.3 Å². The van der Waals surface area contributed by atoms with Gasteiger partial charge >= 0.3 is 5.76 Å². The molecule has 1 aliphatic heterocycles. The van der Waals surface area contributed by atoms with Crippen molar-refractivity contribution >= 4 is 50.8 Å². The summed E-state index contributed by atoms with van der Waals surface area (Å²) >= 11 is 13.6. The second-order valence-electron chi connectivity index (χ2n) is 15.6. The van der Waals surface area contributed by atoms with E-state index >= 15 is 0 Å². The van der Waals surface area contributed by atoms with Crippen molar-refractivity contribution in [2.75, 3.05) is 6.61 Å². The summed E-state index contributed by atoms with van der Waals surface area (Å²) in [5.41, 5.74) is 11.7. The van der Waals surface area contributed by atoms with E-state index in [1.807, 2.05) is 69.9 Å². The molecule has 5 heterocycles. The van der Waals surface area contributed by atoms with E-state index in [1.54, 1.807) is 0 Å². The summed E-state index contributed by atoms with van der Waals surface area (Å²) < 4.78 is 17.3. The van der Waals surface area contributed by atoms with E-state index in [9.17, 15) is 9.59 Å². The molecule has 3 aromatic carbocycles. The lowest BCUT2D eigenvalue weighted by atomic mass is 9.89. The third kappa shape index (κ3) is 6.66. The summed E-state index contributed by atoms with van der Waals surface area (Å²) in [7, 11) is 3.99. The molecule has 0 fully saturated rings. The van der Waals surface area contributed by atoms with Crippen LogP contribution in [0.2, 0.25) is 10.0 Å². The zero-order valence-electron chi connectivity index (χ0n) is 32.8. The van der Waals surface area contributed by atoms with Crippen LogP contribution in [0.25, 0.3) is 44.3 Å². The van der Waals surface area contributed by atoms with E-state index in [1.165, 1.54) is 5.56 Å². The van der Waals surface area contributed by atoms with Gasteiger partial charge in [0, 0.05) is 76.5 Å². The number of aromatic nitrogens is 6. The van der Waals surface area contributed by atoms with Crippen molar-refractivity contribution in [3.05, 3.63) is 109 Å². The standard InChI is InChI=1S/C44H46Cl2N6O4/c1-23-17-31(18-24(2)40(23)46)55-16-8-9-32-33-13-14-35(45)39(38-26(4)48-51(7)27(38)5)42(33)52-25(3)19-28(20-37(53)41(32)52)10-11-30-22-50(6)36-15-12-29(21-34(30)36)43-47-44(54)56-49-43/h12-15,17-18,21-22,25,28H,8-11,16,19-20H2,1-7H3,(H,47,49,54)/t25-,28?/m1/s1. The van der Waals surface area contributed by atoms with Gasteiger partial charge in [0.1, 0.15) is 5.75 Å². The number of halogens is 2. The van der Waals surface area contributed by atoms with Gasteiger partial charge in [-0.25, -0.2) is 4.79 Å². The highest BCUT2D eigenvalue weighted by atomic mass is 35.5. The molecule has 0 spiro atoms. The van der Waals surface area contributed by atoms with Crippen LogP contribution >= 0.6 is 23.2 Å². The summed E-state index contributed by atoms with van der Waals surface area (Å²) in [5, 5.41) is 12.2. The minimum atomic E-state index is -0.585. The molecule has 0 aliphatic carbocycles. The summed E-state index contributed by atoms with van der Waals surface area (Å²) in [6.07, 6.45) is 6.51. The quantitative estimate of drug-likeness (QED) is 0.138.